The van der Waals surface area contributed by atoms with E-state index in [2.05, 4.69) is 0 Å². The Balaban J connectivity index is 2.19. The molecule has 110 valence electrons. The summed E-state index contributed by atoms with van der Waals surface area (Å²) in [5, 5.41) is 10.1. The van der Waals surface area contributed by atoms with Gasteiger partial charge < -0.3 is 15.7 Å². The van der Waals surface area contributed by atoms with Gasteiger partial charge in [-0.25, -0.2) is 0 Å². The highest BCUT2D eigenvalue weighted by atomic mass is 16.3. The first-order valence-corrected chi connectivity index (χ1v) is 7.39. The van der Waals surface area contributed by atoms with Crippen molar-refractivity contribution in [1.29, 1.82) is 0 Å². The van der Waals surface area contributed by atoms with Crippen molar-refractivity contribution < 1.29 is 9.90 Å². The Bertz CT molecular complexity index is 479. The van der Waals surface area contributed by atoms with Crippen LogP contribution in [-0.4, -0.2) is 34.5 Å². The van der Waals surface area contributed by atoms with E-state index in [1.54, 1.807) is 6.07 Å². The van der Waals surface area contributed by atoms with Crippen LogP contribution in [-0.2, 0) is 0 Å². The molecule has 2 rings (SSSR count). The number of para-hydroxylation sites is 1. The van der Waals surface area contributed by atoms with Crippen molar-refractivity contribution in [3.63, 3.8) is 0 Å². The second-order valence-electron chi connectivity index (χ2n) is 5.63. The number of aryl methyl sites for hydroxylation is 1. The molecule has 0 bridgehead atoms. The van der Waals surface area contributed by atoms with Crippen molar-refractivity contribution in [3.8, 4) is 5.75 Å². The van der Waals surface area contributed by atoms with Crippen LogP contribution in [0.15, 0.2) is 18.2 Å². The molecule has 1 fully saturated rings. The fraction of sp³-hybridized carbons (Fsp3) is 0.562. The molecule has 0 aromatic heterocycles. The second kappa shape index (κ2) is 6.27. The van der Waals surface area contributed by atoms with Gasteiger partial charge in [0.05, 0.1) is 5.56 Å². The molecule has 0 saturated heterocycles. The van der Waals surface area contributed by atoms with E-state index in [-0.39, 0.29) is 23.7 Å². The number of amides is 1. The molecule has 1 aliphatic rings. The lowest BCUT2D eigenvalue weighted by atomic mass is 9.90. The van der Waals surface area contributed by atoms with Gasteiger partial charge in [-0.1, -0.05) is 12.1 Å². The fourth-order valence-electron chi connectivity index (χ4n) is 2.97. The van der Waals surface area contributed by atoms with Gasteiger partial charge in [-0.05, 0) is 51.2 Å². The molecule has 1 aromatic carbocycles. The highest BCUT2D eigenvalue weighted by molar-refractivity contribution is 5.97. The first-order valence-electron chi connectivity index (χ1n) is 7.39. The molecule has 0 heterocycles. The number of hydrogen-bond donors (Lipinski definition) is 2. The van der Waals surface area contributed by atoms with E-state index in [4.69, 9.17) is 5.73 Å². The summed E-state index contributed by atoms with van der Waals surface area (Å²) < 4.78 is 0. The number of benzene rings is 1. The Morgan fingerprint density at radius 1 is 1.35 bits per heavy atom. The number of nitrogens with two attached hydrogens (primary N) is 1. The van der Waals surface area contributed by atoms with Gasteiger partial charge >= 0.3 is 0 Å². The maximum absolute atomic E-state index is 12.7. The third-order valence-electron chi connectivity index (χ3n) is 4.25. The van der Waals surface area contributed by atoms with E-state index in [1.807, 2.05) is 30.9 Å². The van der Waals surface area contributed by atoms with Gasteiger partial charge in [0.15, 0.2) is 0 Å². The van der Waals surface area contributed by atoms with E-state index in [1.165, 1.54) is 0 Å². The highest BCUT2D eigenvalue weighted by Gasteiger charge is 2.28. The van der Waals surface area contributed by atoms with Crippen molar-refractivity contribution in [2.75, 3.05) is 6.54 Å². The fourth-order valence-corrected chi connectivity index (χ4v) is 2.97. The monoisotopic (exact) mass is 276 g/mol. The van der Waals surface area contributed by atoms with Crippen LogP contribution >= 0.6 is 0 Å². The van der Waals surface area contributed by atoms with Crippen LogP contribution in [0.5, 0.6) is 5.75 Å². The topological polar surface area (TPSA) is 66.6 Å². The molecule has 1 amide bonds. The van der Waals surface area contributed by atoms with Crippen molar-refractivity contribution in [3.05, 3.63) is 29.3 Å². The van der Waals surface area contributed by atoms with E-state index in [9.17, 15) is 9.90 Å². The first kappa shape index (κ1) is 14.9. The number of rotatable bonds is 3. The lowest BCUT2D eigenvalue weighted by Crippen LogP contribution is -2.44. The van der Waals surface area contributed by atoms with Crippen LogP contribution in [0, 0.1) is 6.92 Å². The summed E-state index contributed by atoms with van der Waals surface area (Å²) in [6.07, 6.45) is 3.84. The molecule has 4 heteroatoms. The summed E-state index contributed by atoms with van der Waals surface area (Å²) in [6, 6.07) is 5.83. The van der Waals surface area contributed by atoms with Gasteiger partial charge in [0.1, 0.15) is 5.75 Å². The van der Waals surface area contributed by atoms with Gasteiger partial charge in [0.2, 0.25) is 0 Å². The smallest absolute Gasteiger partial charge is 0.257 e. The quantitative estimate of drug-likeness (QED) is 0.891. The van der Waals surface area contributed by atoms with E-state index in [0.717, 1.165) is 31.2 Å². The Kier molecular flexibility index (Phi) is 4.65. The molecule has 0 spiro atoms. The molecular weight excluding hydrogens is 252 g/mol. The Morgan fingerprint density at radius 3 is 2.60 bits per heavy atom. The summed E-state index contributed by atoms with van der Waals surface area (Å²) in [5.74, 6) is 0.0256. The third-order valence-corrected chi connectivity index (χ3v) is 4.25. The predicted octanol–water partition coefficient (Wildman–Crippen LogP) is 2.43. The number of nitrogens with zero attached hydrogens (tertiary/aromatic N) is 1. The van der Waals surface area contributed by atoms with Crippen molar-refractivity contribution >= 4 is 5.91 Å². The zero-order chi connectivity index (χ0) is 14.7. The third kappa shape index (κ3) is 2.96. The van der Waals surface area contributed by atoms with E-state index in [0.29, 0.717) is 12.1 Å². The molecule has 0 atom stereocenters. The molecule has 1 aliphatic carbocycles. The van der Waals surface area contributed by atoms with Crippen molar-refractivity contribution in [2.24, 2.45) is 5.73 Å². The van der Waals surface area contributed by atoms with Gasteiger partial charge in [0, 0.05) is 18.6 Å². The van der Waals surface area contributed by atoms with E-state index < -0.39 is 0 Å². The predicted molar refractivity (Wildman–Crippen MR) is 79.8 cm³/mol. The number of carbonyl (C=O) groups is 1. The minimum absolute atomic E-state index is 0.0748. The zero-order valence-electron chi connectivity index (χ0n) is 12.3. The molecule has 4 nitrogen and oxygen atoms in total. The van der Waals surface area contributed by atoms with Gasteiger partial charge in [-0.15, -0.1) is 0 Å². The number of phenolic OH excluding ortho intramolecular Hbond substituents is 1. The number of carbonyl (C=O) groups excluding carboxylic acids is 1. The number of phenols is 1. The number of hydrogen-bond acceptors (Lipinski definition) is 3. The SMILES string of the molecule is CCN(C(=O)c1cccc(C)c1O)C1CCC(N)CC1. The maximum atomic E-state index is 12.7. The molecule has 3 N–H and O–H groups in total. The normalized spacial score (nSPS) is 22.6. The molecule has 1 saturated carbocycles. The largest absolute Gasteiger partial charge is 0.507 e. The lowest BCUT2D eigenvalue weighted by Gasteiger charge is -2.35. The average Bonchev–Trinajstić information content (AvgIpc) is 2.44. The second-order valence-corrected chi connectivity index (χ2v) is 5.63. The minimum atomic E-state index is -0.0748. The van der Waals surface area contributed by atoms with Crippen LogP contribution in [0.3, 0.4) is 0 Å². The van der Waals surface area contributed by atoms with Crippen LogP contribution in [0.2, 0.25) is 0 Å². The molecule has 1 aromatic rings. The summed E-state index contributed by atoms with van der Waals surface area (Å²) in [7, 11) is 0. The summed E-state index contributed by atoms with van der Waals surface area (Å²) in [6.45, 7) is 4.45. The maximum Gasteiger partial charge on any atom is 0.257 e. The Labute approximate surface area is 120 Å². The molecular formula is C16H24N2O2. The van der Waals surface area contributed by atoms with Crippen LogP contribution in [0.4, 0.5) is 0 Å². The zero-order valence-corrected chi connectivity index (χ0v) is 12.3. The molecule has 0 radical (unpaired) electrons. The van der Waals surface area contributed by atoms with Gasteiger partial charge in [-0.2, -0.15) is 0 Å². The van der Waals surface area contributed by atoms with Crippen LogP contribution in [0.1, 0.15) is 48.5 Å². The standard InChI is InChI=1S/C16H24N2O2/c1-3-18(13-9-7-12(17)8-10-13)16(20)14-6-4-5-11(2)15(14)19/h4-6,12-13,19H,3,7-10,17H2,1-2H3. The molecule has 20 heavy (non-hydrogen) atoms. The van der Waals surface area contributed by atoms with Crippen LogP contribution in [0.25, 0.3) is 0 Å². The lowest BCUT2D eigenvalue weighted by molar-refractivity contribution is 0.0637. The van der Waals surface area contributed by atoms with Crippen LogP contribution < -0.4 is 5.73 Å². The average molecular weight is 276 g/mol. The minimum Gasteiger partial charge on any atom is -0.507 e. The Hall–Kier alpha value is -1.55. The Morgan fingerprint density at radius 2 is 2.00 bits per heavy atom. The summed E-state index contributed by atoms with van der Waals surface area (Å²) in [5.41, 5.74) is 7.06. The van der Waals surface area contributed by atoms with Crippen molar-refractivity contribution in [1.82, 2.24) is 4.90 Å². The summed E-state index contributed by atoms with van der Waals surface area (Å²) >= 11 is 0. The van der Waals surface area contributed by atoms with E-state index >= 15 is 0 Å². The summed E-state index contributed by atoms with van der Waals surface area (Å²) in [4.78, 5) is 14.5. The van der Waals surface area contributed by atoms with Gasteiger partial charge in [-0.3, -0.25) is 4.79 Å². The number of aromatic hydroxyl groups is 1. The molecule has 0 aliphatic heterocycles. The highest BCUT2D eigenvalue weighted by Crippen LogP contribution is 2.27. The van der Waals surface area contributed by atoms with Gasteiger partial charge in [0.25, 0.3) is 5.91 Å². The van der Waals surface area contributed by atoms with Crippen molar-refractivity contribution in [2.45, 2.75) is 51.6 Å². The first-order chi connectivity index (χ1) is 9.54. The molecule has 0 unspecified atom stereocenters.